The zero-order chi connectivity index (χ0) is 51.1. The van der Waals surface area contributed by atoms with Gasteiger partial charge in [0.15, 0.2) is 0 Å². The van der Waals surface area contributed by atoms with Gasteiger partial charge in [-0.3, -0.25) is 19.2 Å². The molecule has 6 heterocycles. The molecule has 2 aromatic carbocycles. The number of anilines is 3. The Morgan fingerprint density at radius 2 is 1.04 bits per heavy atom. The summed E-state index contributed by atoms with van der Waals surface area (Å²) in [7, 11) is 4.22. The van der Waals surface area contributed by atoms with Crippen molar-refractivity contribution in [3.8, 4) is 11.5 Å². The quantitative estimate of drug-likeness (QED) is 0.107. The fraction of sp³-hybridized carbons (Fsp3) is 0.304. The van der Waals surface area contributed by atoms with E-state index in [-0.39, 0.29) is 46.6 Å². The van der Waals surface area contributed by atoms with Crippen molar-refractivity contribution in [1.29, 1.82) is 0 Å². The second-order valence-corrected chi connectivity index (χ2v) is 16.2. The Balaban J connectivity index is 0.000000207. The fourth-order valence-corrected chi connectivity index (χ4v) is 6.86. The first-order valence-corrected chi connectivity index (χ1v) is 22.0. The number of carbonyl (C=O) groups excluding carboxylic acids is 2. The Morgan fingerprint density at radius 3 is 1.46 bits per heavy atom. The number of halogens is 7. The number of hydrogen-bond donors (Lipinski definition) is 3. The van der Waals surface area contributed by atoms with Crippen LogP contribution in [0.5, 0.6) is 11.5 Å². The maximum Gasteiger partial charge on any atom is 0.573 e. The number of benzene rings is 2. The molecule has 18 nitrogen and oxygen atoms in total. The van der Waals surface area contributed by atoms with Crippen LogP contribution >= 0.6 is 11.6 Å². The van der Waals surface area contributed by atoms with Crippen LogP contribution < -0.4 is 41.4 Å². The molecule has 0 spiro atoms. The van der Waals surface area contributed by atoms with Gasteiger partial charge in [-0.2, -0.15) is 10.2 Å². The molecule has 2 aliphatic heterocycles. The zero-order valence-electron chi connectivity index (χ0n) is 38.1. The number of pyridine rings is 2. The van der Waals surface area contributed by atoms with Crippen molar-refractivity contribution in [2.24, 2.45) is 0 Å². The molecular weight excluding hydrogens is 966 g/mol. The summed E-state index contributed by atoms with van der Waals surface area (Å²) in [5, 5.41) is 16.7. The number of hydrogen-bond acceptors (Lipinski definition) is 14. The summed E-state index contributed by atoms with van der Waals surface area (Å²) < 4.78 is 83.3. The topological polar surface area (TPSA) is 194 Å². The lowest BCUT2D eigenvalue weighted by atomic mass is 10.2. The number of nitrogens with one attached hydrogen (secondary N) is 3. The first-order chi connectivity index (χ1) is 33.7. The number of nitrogens with zero attached hydrogens (tertiary/aromatic N) is 9. The van der Waals surface area contributed by atoms with Gasteiger partial charge in [-0.25, -0.2) is 19.3 Å². The molecule has 0 radical (unpaired) electrons. The number of likely N-dealkylation sites (N-methyl/N-ethyl adjacent to an activating group) is 2. The van der Waals surface area contributed by atoms with Crippen molar-refractivity contribution in [2.45, 2.75) is 25.8 Å². The third-order valence-corrected chi connectivity index (χ3v) is 10.5. The highest BCUT2D eigenvalue weighted by Crippen LogP contribution is 2.25. The molecule has 4 aromatic heterocycles. The van der Waals surface area contributed by atoms with Gasteiger partial charge in [0.05, 0.1) is 13.1 Å². The van der Waals surface area contributed by atoms with Gasteiger partial charge in [0, 0.05) is 88.3 Å². The molecule has 2 aliphatic rings. The van der Waals surface area contributed by atoms with Crippen LogP contribution in [0.2, 0.25) is 5.15 Å². The number of carbonyl (C=O) groups is 2. The monoisotopic (exact) mass is 1010 g/mol. The van der Waals surface area contributed by atoms with Crippen molar-refractivity contribution < 1.29 is 45.4 Å². The molecule has 0 bridgehead atoms. The molecule has 0 atom stereocenters. The number of aromatic nitrogens is 6. The first kappa shape index (κ1) is 53.0. The first-order valence-electron chi connectivity index (χ1n) is 21.6. The SMILES string of the molecule is CN1CCN(c2cc(Cn3nc(C(=O)Nc4ccc(OC(F)(F)F)cc4)ccc3=O)ccn2)CC1.CN1CCNCC1.O=C(Nc1ccc(OC(F)(F)F)cc1)c1ccc(=O)n(Cc2ccnc(Cl)c2)n1. The van der Waals surface area contributed by atoms with E-state index in [1.54, 1.807) is 24.4 Å². The second-order valence-electron chi connectivity index (χ2n) is 15.8. The minimum absolute atomic E-state index is 0.0198. The van der Waals surface area contributed by atoms with E-state index in [2.05, 4.69) is 74.4 Å². The average molecular weight is 1010 g/mol. The average Bonchev–Trinajstić information content (AvgIpc) is 3.32. The normalized spacial score (nSPS) is 14.2. The highest BCUT2D eigenvalue weighted by molar-refractivity contribution is 6.29. The summed E-state index contributed by atoms with van der Waals surface area (Å²) in [4.78, 5) is 64.4. The van der Waals surface area contributed by atoms with Gasteiger partial charge in [-0.15, -0.1) is 26.3 Å². The van der Waals surface area contributed by atoms with E-state index in [9.17, 15) is 45.5 Å². The van der Waals surface area contributed by atoms with E-state index < -0.39 is 41.6 Å². The minimum Gasteiger partial charge on any atom is -0.406 e. The molecule has 3 N–H and O–H groups in total. The summed E-state index contributed by atoms with van der Waals surface area (Å²) >= 11 is 5.82. The maximum atomic E-state index is 12.6. The molecule has 0 aliphatic carbocycles. The summed E-state index contributed by atoms with van der Waals surface area (Å²) in [6.07, 6.45) is -6.45. The van der Waals surface area contributed by atoms with E-state index in [1.807, 2.05) is 6.07 Å². The smallest absolute Gasteiger partial charge is 0.406 e. The zero-order valence-corrected chi connectivity index (χ0v) is 38.8. The van der Waals surface area contributed by atoms with Gasteiger partial charge in [0.25, 0.3) is 22.9 Å². The summed E-state index contributed by atoms with van der Waals surface area (Å²) in [6, 6.07) is 21.2. The molecular formula is C46H47ClF6N12O6. The summed E-state index contributed by atoms with van der Waals surface area (Å²) in [5.41, 5.74) is 1.06. The number of rotatable bonds is 11. The number of ether oxygens (including phenoxy) is 2. The molecule has 6 aromatic rings. The van der Waals surface area contributed by atoms with Crippen LogP contribution in [0.4, 0.5) is 43.5 Å². The highest BCUT2D eigenvalue weighted by atomic mass is 35.5. The summed E-state index contributed by atoms with van der Waals surface area (Å²) in [5.74, 6) is -1.27. The van der Waals surface area contributed by atoms with Crippen molar-refractivity contribution in [3.63, 3.8) is 0 Å². The summed E-state index contributed by atoms with van der Waals surface area (Å²) in [6.45, 7) is 8.53. The lowest BCUT2D eigenvalue weighted by molar-refractivity contribution is -0.275. The van der Waals surface area contributed by atoms with Gasteiger partial charge in [0.1, 0.15) is 33.9 Å². The molecule has 2 amide bonds. The van der Waals surface area contributed by atoms with E-state index in [0.717, 1.165) is 79.6 Å². The standard InChI is InChI=1S/C23H23F3N6O3.C18H12ClF3N4O3.C5H12N2/c1-30-10-12-31(13-11-30)20-14-16(8-9-27-20)15-32-21(33)7-6-19(29-32)22(34)28-17-2-4-18(5-3-17)35-23(24,25)26;19-15-9-11(7-8-23-15)10-26-16(27)6-5-14(25-26)17(28)24-12-1-3-13(4-2-12)29-18(20,21)22;1-7-4-2-6-3-5-7/h2-9,14H,10-13,15H2,1H3,(H,28,34);1-9H,10H2,(H,24,28);6H,2-5H2,1H3. The lowest BCUT2D eigenvalue weighted by Crippen LogP contribution is -2.44. The van der Waals surface area contributed by atoms with Gasteiger partial charge in [0.2, 0.25) is 0 Å². The Morgan fingerprint density at radius 1 is 0.606 bits per heavy atom. The third-order valence-electron chi connectivity index (χ3n) is 10.3. The Bertz CT molecular complexity index is 2840. The van der Waals surface area contributed by atoms with Crippen LogP contribution in [0.15, 0.2) is 119 Å². The molecule has 0 unspecified atom stereocenters. The Hall–Kier alpha value is -7.41. The molecule has 8 rings (SSSR count). The molecule has 376 valence electrons. The van der Waals surface area contributed by atoms with Crippen LogP contribution in [-0.4, -0.2) is 130 Å². The Labute approximate surface area is 406 Å². The van der Waals surface area contributed by atoms with Crippen LogP contribution in [0.25, 0.3) is 0 Å². The van der Waals surface area contributed by atoms with Crippen molar-refractivity contribution in [1.82, 2.24) is 44.6 Å². The Kier molecular flexibility index (Phi) is 18.2. The fourth-order valence-electron chi connectivity index (χ4n) is 6.67. The van der Waals surface area contributed by atoms with E-state index in [4.69, 9.17) is 11.6 Å². The van der Waals surface area contributed by atoms with Crippen LogP contribution in [0.3, 0.4) is 0 Å². The van der Waals surface area contributed by atoms with Crippen molar-refractivity contribution in [3.05, 3.63) is 158 Å². The molecule has 2 saturated heterocycles. The van der Waals surface area contributed by atoms with Crippen molar-refractivity contribution in [2.75, 3.05) is 82.0 Å². The van der Waals surface area contributed by atoms with Crippen LogP contribution in [0, 0.1) is 0 Å². The van der Waals surface area contributed by atoms with Gasteiger partial charge < -0.3 is 40.1 Å². The van der Waals surface area contributed by atoms with Gasteiger partial charge in [-0.05, 0) is 110 Å². The van der Waals surface area contributed by atoms with E-state index in [1.165, 1.54) is 72.5 Å². The number of amides is 2. The predicted molar refractivity (Wildman–Crippen MR) is 251 cm³/mol. The minimum atomic E-state index is -4.80. The van der Waals surface area contributed by atoms with Gasteiger partial charge >= 0.3 is 12.7 Å². The van der Waals surface area contributed by atoms with Crippen LogP contribution in [0.1, 0.15) is 32.1 Å². The molecule has 2 fully saturated rings. The lowest BCUT2D eigenvalue weighted by Gasteiger charge is -2.33. The molecule has 0 saturated carbocycles. The maximum absolute atomic E-state index is 12.6. The molecule has 71 heavy (non-hydrogen) atoms. The molecule has 25 heteroatoms. The third kappa shape index (κ3) is 17.5. The van der Waals surface area contributed by atoms with Crippen molar-refractivity contribution >= 4 is 40.6 Å². The number of alkyl halides is 6. The van der Waals surface area contributed by atoms with Crippen LogP contribution in [-0.2, 0) is 13.1 Å². The van der Waals surface area contributed by atoms with E-state index >= 15 is 0 Å². The largest absolute Gasteiger partial charge is 0.573 e. The van der Waals surface area contributed by atoms with E-state index in [0.29, 0.717) is 5.56 Å². The second kappa shape index (κ2) is 24.4. The highest BCUT2D eigenvalue weighted by Gasteiger charge is 2.32. The van der Waals surface area contributed by atoms with Gasteiger partial charge in [-0.1, -0.05) is 11.6 Å². The number of piperazine rings is 2. The predicted octanol–water partition coefficient (Wildman–Crippen LogP) is 5.60.